The number of amides is 1. The number of ether oxygens (including phenoxy) is 1. The lowest BCUT2D eigenvalue weighted by atomic mass is 9.87. The highest BCUT2D eigenvalue weighted by Crippen LogP contribution is 2.31. The molecule has 2 aromatic rings. The smallest absolute Gasteiger partial charge is 0.240 e. The zero-order valence-corrected chi connectivity index (χ0v) is 17.4. The molecule has 5 nitrogen and oxygen atoms in total. The van der Waals surface area contributed by atoms with Crippen molar-refractivity contribution in [3.05, 3.63) is 58.1 Å². The van der Waals surface area contributed by atoms with Gasteiger partial charge in [-0.3, -0.25) is 4.79 Å². The predicted octanol–water partition coefficient (Wildman–Crippen LogP) is 4.76. The minimum Gasteiger partial charge on any atom is -0.508 e. The van der Waals surface area contributed by atoms with Gasteiger partial charge >= 0.3 is 0 Å². The summed E-state index contributed by atoms with van der Waals surface area (Å²) < 4.78 is 6.67. The summed E-state index contributed by atoms with van der Waals surface area (Å²) in [6.45, 7) is 6.94. The van der Waals surface area contributed by atoms with Crippen LogP contribution in [0.1, 0.15) is 44.7 Å². The lowest BCUT2D eigenvalue weighted by Crippen LogP contribution is -2.18. The van der Waals surface area contributed by atoms with Crippen molar-refractivity contribution < 1.29 is 14.6 Å². The van der Waals surface area contributed by atoms with Crippen LogP contribution in [0.3, 0.4) is 0 Å². The first-order valence-corrected chi connectivity index (χ1v) is 9.59. The van der Waals surface area contributed by atoms with Crippen LogP contribution in [0.5, 0.6) is 11.5 Å². The normalized spacial score (nSPS) is 11.6. The number of benzene rings is 2. The maximum atomic E-state index is 11.8. The third-order valence-corrected chi connectivity index (χ3v) is 4.52. The molecular weight excluding hydrogens is 408 g/mol. The van der Waals surface area contributed by atoms with Gasteiger partial charge in [-0.1, -0.05) is 26.8 Å². The molecule has 0 aliphatic heterocycles. The summed E-state index contributed by atoms with van der Waals surface area (Å²) in [5.74, 6) is 0.792. The fraction of sp³-hybridized carbons (Fsp3) is 0.333. The second-order valence-corrected chi connectivity index (χ2v) is 8.09. The van der Waals surface area contributed by atoms with Crippen LogP contribution in [0, 0.1) is 0 Å². The Kier molecular flexibility index (Phi) is 7.42. The molecule has 0 saturated heterocycles. The van der Waals surface area contributed by atoms with E-state index in [0.29, 0.717) is 19.4 Å². The predicted molar refractivity (Wildman–Crippen MR) is 111 cm³/mol. The van der Waals surface area contributed by atoms with E-state index >= 15 is 0 Å². The van der Waals surface area contributed by atoms with Gasteiger partial charge in [-0.15, -0.1) is 0 Å². The Hall–Kier alpha value is -2.34. The van der Waals surface area contributed by atoms with E-state index in [2.05, 4.69) is 59.4 Å². The summed E-state index contributed by atoms with van der Waals surface area (Å²) in [5.41, 5.74) is 4.59. The fourth-order valence-corrected chi connectivity index (χ4v) is 2.79. The van der Waals surface area contributed by atoms with Gasteiger partial charge in [-0.2, -0.15) is 5.10 Å². The van der Waals surface area contributed by atoms with Crippen LogP contribution in [0.25, 0.3) is 0 Å². The van der Waals surface area contributed by atoms with Gasteiger partial charge in [0.1, 0.15) is 11.5 Å². The number of phenolic OH excluding ortho intramolecular Hbond substituents is 1. The van der Waals surface area contributed by atoms with Crippen LogP contribution >= 0.6 is 15.9 Å². The van der Waals surface area contributed by atoms with E-state index in [-0.39, 0.29) is 17.1 Å². The average molecular weight is 433 g/mol. The molecule has 0 radical (unpaired) electrons. The highest BCUT2D eigenvalue weighted by atomic mass is 79.9. The van der Waals surface area contributed by atoms with Crippen LogP contribution in [0.15, 0.2) is 52.0 Å². The van der Waals surface area contributed by atoms with Gasteiger partial charge < -0.3 is 9.84 Å². The molecule has 6 heteroatoms. The second-order valence-electron chi connectivity index (χ2n) is 7.23. The highest BCUT2D eigenvalue weighted by Gasteiger charge is 2.15. The summed E-state index contributed by atoms with van der Waals surface area (Å²) in [4.78, 5) is 11.8. The van der Waals surface area contributed by atoms with Gasteiger partial charge in [0.2, 0.25) is 5.91 Å². The van der Waals surface area contributed by atoms with Gasteiger partial charge in [0.25, 0.3) is 0 Å². The van der Waals surface area contributed by atoms with Crippen molar-refractivity contribution in [1.82, 2.24) is 5.43 Å². The van der Waals surface area contributed by atoms with Crippen molar-refractivity contribution in [2.24, 2.45) is 5.10 Å². The molecule has 0 fully saturated rings. The number of aromatic hydroxyl groups is 1. The molecule has 1 amide bonds. The number of halogens is 1. The molecule has 27 heavy (non-hydrogen) atoms. The van der Waals surface area contributed by atoms with E-state index in [1.807, 2.05) is 6.07 Å². The maximum Gasteiger partial charge on any atom is 0.240 e. The molecule has 0 aliphatic carbocycles. The Balaban J connectivity index is 1.72. The molecule has 0 atom stereocenters. The van der Waals surface area contributed by atoms with E-state index in [1.54, 1.807) is 24.3 Å². The van der Waals surface area contributed by atoms with Crippen molar-refractivity contribution >= 4 is 28.1 Å². The molecule has 0 spiro atoms. The van der Waals surface area contributed by atoms with Crippen molar-refractivity contribution in [1.29, 1.82) is 0 Å². The molecule has 0 aliphatic rings. The molecule has 0 saturated carbocycles. The third kappa shape index (κ3) is 7.06. The lowest BCUT2D eigenvalue weighted by Gasteiger charge is -2.20. The second kappa shape index (κ2) is 9.55. The molecule has 144 valence electrons. The molecule has 2 N–H and O–H groups in total. The van der Waals surface area contributed by atoms with Crippen LogP contribution in [0.2, 0.25) is 0 Å². The Bertz CT molecular complexity index is 796. The van der Waals surface area contributed by atoms with Crippen molar-refractivity contribution in [2.75, 3.05) is 6.61 Å². The monoisotopic (exact) mass is 432 g/mol. The molecule has 2 rings (SSSR count). The van der Waals surface area contributed by atoms with Crippen LogP contribution in [-0.2, 0) is 10.2 Å². The number of carbonyl (C=O) groups is 1. The molecule has 0 bridgehead atoms. The Morgan fingerprint density at radius 1 is 1.22 bits per heavy atom. The summed E-state index contributed by atoms with van der Waals surface area (Å²) >= 11 is 3.54. The molecule has 2 aromatic carbocycles. The highest BCUT2D eigenvalue weighted by molar-refractivity contribution is 9.10. The number of hydrazone groups is 1. The van der Waals surface area contributed by atoms with Crippen LogP contribution < -0.4 is 10.2 Å². The molecule has 0 aromatic heterocycles. The lowest BCUT2D eigenvalue weighted by molar-refractivity contribution is -0.121. The standard InChI is InChI=1S/C21H25BrN2O3/c1-21(2,3)16-8-11-19(18(22)13-16)27-12-4-5-20(26)24-23-14-15-6-9-17(25)10-7-15/h6-11,13-14,25H,4-5,12H2,1-3H3,(H,24,26)/b23-14+. The van der Waals surface area contributed by atoms with E-state index in [0.717, 1.165) is 15.8 Å². The average Bonchev–Trinajstić information content (AvgIpc) is 2.60. The van der Waals surface area contributed by atoms with Gasteiger partial charge in [0.15, 0.2) is 0 Å². The topological polar surface area (TPSA) is 70.9 Å². The SMILES string of the molecule is CC(C)(C)c1ccc(OCCCC(=O)N/N=C/c2ccc(O)cc2)c(Br)c1. The van der Waals surface area contributed by atoms with Gasteiger partial charge in [-0.25, -0.2) is 5.43 Å². The first-order valence-electron chi connectivity index (χ1n) is 8.79. The summed E-state index contributed by atoms with van der Waals surface area (Å²) in [6, 6.07) is 12.6. The van der Waals surface area contributed by atoms with Crippen molar-refractivity contribution in [3.63, 3.8) is 0 Å². The molecule has 0 heterocycles. The number of hydrogen-bond acceptors (Lipinski definition) is 4. The summed E-state index contributed by atoms with van der Waals surface area (Å²) in [6.07, 6.45) is 2.44. The quantitative estimate of drug-likeness (QED) is 0.376. The third-order valence-electron chi connectivity index (χ3n) is 3.90. The number of nitrogens with zero attached hydrogens (tertiary/aromatic N) is 1. The number of nitrogens with one attached hydrogen (secondary N) is 1. The van der Waals surface area contributed by atoms with Gasteiger partial charge in [-0.05, 0) is 75.3 Å². The van der Waals surface area contributed by atoms with Gasteiger partial charge in [0, 0.05) is 6.42 Å². The molecular formula is C21H25BrN2O3. The number of carbonyl (C=O) groups excluding carboxylic acids is 1. The maximum absolute atomic E-state index is 11.8. The first-order chi connectivity index (χ1) is 12.8. The van der Waals surface area contributed by atoms with Crippen molar-refractivity contribution in [3.8, 4) is 11.5 Å². The zero-order valence-electron chi connectivity index (χ0n) is 15.8. The van der Waals surface area contributed by atoms with E-state index in [1.165, 1.54) is 11.8 Å². The van der Waals surface area contributed by atoms with Gasteiger partial charge in [0.05, 0.1) is 17.3 Å². The number of phenols is 1. The number of hydrogen-bond donors (Lipinski definition) is 2. The zero-order chi connectivity index (χ0) is 19.9. The summed E-state index contributed by atoms with van der Waals surface area (Å²) in [5, 5.41) is 13.1. The fourth-order valence-electron chi connectivity index (χ4n) is 2.29. The first kappa shape index (κ1) is 21.0. The Morgan fingerprint density at radius 3 is 2.56 bits per heavy atom. The van der Waals surface area contributed by atoms with E-state index < -0.39 is 0 Å². The van der Waals surface area contributed by atoms with Crippen molar-refractivity contribution in [2.45, 2.75) is 39.0 Å². The summed E-state index contributed by atoms with van der Waals surface area (Å²) in [7, 11) is 0. The largest absolute Gasteiger partial charge is 0.508 e. The minimum atomic E-state index is -0.171. The van der Waals surface area contributed by atoms with Crippen LogP contribution in [0.4, 0.5) is 0 Å². The van der Waals surface area contributed by atoms with E-state index in [4.69, 9.17) is 4.74 Å². The Labute approximate surface area is 168 Å². The number of rotatable bonds is 7. The minimum absolute atomic E-state index is 0.0831. The molecule has 0 unspecified atom stereocenters. The Morgan fingerprint density at radius 2 is 1.93 bits per heavy atom. The van der Waals surface area contributed by atoms with E-state index in [9.17, 15) is 9.90 Å². The van der Waals surface area contributed by atoms with Crippen LogP contribution in [-0.4, -0.2) is 23.8 Å².